The summed E-state index contributed by atoms with van der Waals surface area (Å²) in [5, 5.41) is 4.24. The molecule has 0 unspecified atom stereocenters. The summed E-state index contributed by atoms with van der Waals surface area (Å²) in [5.74, 6) is 0.112. The van der Waals surface area contributed by atoms with Crippen LogP contribution >= 0.6 is 0 Å². The van der Waals surface area contributed by atoms with Crippen molar-refractivity contribution < 1.29 is 14.3 Å². The zero-order valence-corrected chi connectivity index (χ0v) is 14.4. The van der Waals surface area contributed by atoms with Gasteiger partial charge in [-0.05, 0) is 38.7 Å². The van der Waals surface area contributed by atoms with E-state index >= 15 is 0 Å². The predicted octanol–water partition coefficient (Wildman–Crippen LogP) is 1.46. The molecule has 0 N–H and O–H groups in total. The van der Waals surface area contributed by atoms with Gasteiger partial charge in [-0.2, -0.15) is 4.98 Å². The van der Waals surface area contributed by atoms with E-state index in [4.69, 9.17) is 4.74 Å². The highest BCUT2D eigenvalue weighted by molar-refractivity contribution is 5.93. The molecular formula is C17H21N5O3. The fourth-order valence-electron chi connectivity index (χ4n) is 4.45. The van der Waals surface area contributed by atoms with Gasteiger partial charge in [-0.15, -0.1) is 5.10 Å². The number of hydrogen-bond acceptors (Lipinski definition) is 6. The van der Waals surface area contributed by atoms with Crippen LogP contribution in [-0.2, 0) is 9.53 Å². The molecule has 2 aromatic heterocycles. The normalized spacial score (nSPS) is 27.8. The van der Waals surface area contributed by atoms with Crippen LogP contribution < -0.4 is 0 Å². The van der Waals surface area contributed by atoms with Crippen molar-refractivity contribution in [3.8, 4) is 0 Å². The average Bonchev–Trinajstić information content (AvgIpc) is 3.32. The van der Waals surface area contributed by atoms with Gasteiger partial charge in [0.2, 0.25) is 5.82 Å². The van der Waals surface area contributed by atoms with Crippen molar-refractivity contribution in [2.24, 2.45) is 5.41 Å². The van der Waals surface area contributed by atoms with Gasteiger partial charge in [0.1, 0.15) is 0 Å². The van der Waals surface area contributed by atoms with E-state index in [2.05, 4.69) is 15.1 Å². The molecule has 2 aliphatic heterocycles. The van der Waals surface area contributed by atoms with Gasteiger partial charge in [-0.1, -0.05) is 6.92 Å². The first-order valence-corrected chi connectivity index (χ1v) is 8.78. The Kier molecular flexibility index (Phi) is 3.70. The van der Waals surface area contributed by atoms with Crippen molar-refractivity contribution in [1.29, 1.82) is 0 Å². The van der Waals surface area contributed by atoms with Crippen molar-refractivity contribution in [3.05, 3.63) is 24.3 Å². The zero-order valence-electron chi connectivity index (χ0n) is 14.4. The van der Waals surface area contributed by atoms with E-state index < -0.39 is 5.41 Å². The molecule has 25 heavy (non-hydrogen) atoms. The van der Waals surface area contributed by atoms with Crippen LogP contribution in [0.4, 0.5) is 0 Å². The van der Waals surface area contributed by atoms with Gasteiger partial charge in [0.15, 0.2) is 0 Å². The summed E-state index contributed by atoms with van der Waals surface area (Å²) in [4.78, 5) is 35.9. The molecule has 3 atom stereocenters. The quantitative estimate of drug-likeness (QED) is 0.781. The Labute approximate surface area is 145 Å². The third kappa shape index (κ3) is 2.23. The molecule has 0 aromatic carbocycles. The number of amides is 1. The highest BCUT2D eigenvalue weighted by Gasteiger charge is 2.61. The molecule has 2 fully saturated rings. The number of ether oxygens (including phenoxy) is 1. The molecule has 132 valence electrons. The second-order valence-electron chi connectivity index (χ2n) is 6.69. The third-order valence-corrected chi connectivity index (χ3v) is 5.60. The highest BCUT2D eigenvalue weighted by atomic mass is 16.5. The van der Waals surface area contributed by atoms with Crippen LogP contribution in [0.2, 0.25) is 0 Å². The van der Waals surface area contributed by atoms with Gasteiger partial charge in [0.25, 0.3) is 11.7 Å². The lowest BCUT2D eigenvalue weighted by Gasteiger charge is -2.33. The van der Waals surface area contributed by atoms with E-state index in [-0.39, 0.29) is 29.8 Å². The van der Waals surface area contributed by atoms with Crippen molar-refractivity contribution in [3.63, 3.8) is 0 Å². The summed E-state index contributed by atoms with van der Waals surface area (Å²) in [6.45, 7) is 4.16. The first-order chi connectivity index (χ1) is 12.1. The summed E-state index contributed by atoms with van der Waals surface area (Å²) in [6, 6.07) is 1.63. The van der Waals surface area contributed by atoms with E-state index in [9.17, 15) is 9.59 Å². The van der Waals surface area contributed by atoms with E-state index in [0.717, 1.165) is 12.8 Å². The largest absolute Gasteiger partial charge is 0.466 e. The summed E-state index contributed by atoms with van der Waals surface area (Å²) < 4.78 is 6.82. The summed E-state index contributed by atoms with van der Waals surface area (Å²) in [7, 11) is 0. The van der Waals surface area contributed by atoms with Crippen LogP contribution in [0.5, 0.6) is 0 Å². The molecule has 2 saturated heterocycles. The lowest BCUT2D eigenvalue weighted by Crippen LogP contribution is -2.45. The van der Waals surface area contributed by atoms with Gasteiger partial charge in [0, 0.05) is 24.5 Å². The minimum Gasteiger partial charge on any atom is -0.466 e. The van der Waals surface area contributed by atoms with Gasteiger partial charge in [0.05, 0.1) is 12.0 Å². The standard InChI is InChI=1S/C17H21N5O3/c1-3-17(15(24)25-4-2)10-11-6-7-12(17)22(11)14(23)13-19-16-18-8-5-9-21(16)20-13/h5,8-9,11-12H,3-4,6-7,10H2,1-2H3/t11-,12+,17+/m1/s1. The fourth-order valence-corrected chi connectivity index (χ4v) is 4.45. The van der Waals surface area contributed by atoms with Crippen LogP contribution in [0.25, 0.3) is 5.78 Å². The van der Waals surface area contributed by atoms with Crippen LogP contribution in [-0.4, -0.2) is 55.0 Å². The third-order valence-electron chi connectivity index (χ3n) is 5.60. The number of carbonyl (C=O) groups is 2. The van der Waals surface area contributed by atoms with Crippen LogP contribution in [0, 0.1) is 5.41 Å². The molecule has 8 heteroatoms. The van der Waals surface area contributed by atoms with Crippen molar-refractivity contribution in [1.82, 2.24) is 24.5 Å². The Bertz CT molecular complexity index is 802. The maximum atomic E-state index is 13.1. The number of esters is 1. The molecule has 0 aliphatic carbocycles. The smallest absolute Gasteiger partial charge is 0.314 e. The molecule has 4 heterocycles. The molecule has 1 amide bonds. The summed E-state index contributed by atoms with van der Waals surface area (Å²) in [5.41, 5.74) is -0.605. The number of hydrogen-bond donors (Lipinski definition) is 0. The molecule has 2 bridgehead atoms. The SMILES string of the molecule is CCOC(=O)[C@@]1(CC)C[C@H]2CC[C@@H]1N2C(=O)c1nc2ncccn2n1. The summed E-state index contributed by atoms with van der Waals surface area (Å²) in [6.07, 6.45) is 6.36. The van der Waals surface area contributed by atoms with E-state index in [1.165, 1.54) is 4.52 Å². The summed E-state index contributed by atoms with van der Waals surface area (Å²) >= 11 is 0. The Morgan fingerprint density at radius 3 is 2.92 bits per heavy atom. The van der Waals surface area contributed by atoms with Gasteiger partial charge in [-0.3, -0.25) is 9.59 Å². The monoisotopic (exact) mass is 343 g/mol. The lowest BCUT2D eigenvalue weighted by atomic mass is 9.72. The first-order valence-electron chi connectivity index (χ1n) is 8.78. The van der Waals surface area contributed by atoms with E-state index in [1.807, 2.05) is 18.7 Å². The number of aromatic nitrogens is 4. The molecule has 2 aromatic rings. The van der Waals surface area contributed by atoms with Crippen LogP contribution in [0.3, 0.4) is 0 Å². The lowest BCUT2D eigenvalue weighted by molar-refractivity contribution is -0.157. The topological polar surface area (TPSA) is 89.7 Å². The molecule has 4 rings (SSSR count). The Hall–Kier alpha value is -2.51. The van der Waals surface area contributed by atoms with Crippen LogP contribution in [0.15, 0.2) is 18.5 Å². The van der Waals surface area contributed by atoms with E-state index in [1.54, 1.807) is 18.5 Å². The Morgan fingerprint density at radius 1 is 1.36 bits per heavy atom. The first kappa shape index (κ1) is 16.0. The maximum absolute atomic E-state index is 13.1. The molecule has 0 saturated carbocycles. The van der Waals surface area contributed by atoms with E-state index in [0.29, 0.717) is 25.2 Å². The average molecular weight is 343 g/mol. The van der Waals surface area contributed by atoms with Gasteiger partial charge >= 0.3 is 5.97 Å². The number of nitrogens with zero attached hydrogens (tertiary/aromatic N) is 5. The van der Waals surface area contributed by atoms with Gasteiger partial charge in [-0.25, -0.2) is 9.50 Å². The zero-order chi connectivity index (χ0) is 17.6. The number of carbonyl (C=O) groups excluding carboxylic acids is 2. The maximum Gasteiger partial charge on any atom is 0.314 e. The van der Waals surface area contributed by atoms with Crippen molar-refractivity contribution in [2.75, 3.05) is 6.61 Å². The van der Waals surface area contributed by atoms with Crippen molar-refractivity contribution in [2.45, 2.75) is 51.6 Å². The fraction of sp³-hybridized carbons (Fsp3) is 0.588. The minimum atomic E-state index is -0.605. The predicted molar refractivity (Wildman–Crippen MR) is 87.7 cm³/mol. The molecule has 0 radical (unpaired) electrons. The highest BCUT2D eigenvalue weighted by Crippen LogP contribution is 2.52. The second-order valence-corrected chi connectivity index (χ2v) is 6.69. The Balaban J connectivity index is 1.66. The van der Waals surface area contributed by atoms with Gasteiger partial charge < -0.3 is 9.64 Å². The minimum absolute atomic E-state index is 0.0430. The molecule has 0 spiro atoms. The van der Waals surface area contributed by atoms with Crippen LogP contribution in [0.1, 0.15) is 50.1 Å². The second kappa shape index (κ2) is 5.79. The molecular weight excluding hydrogens is 322 g/mol. The number of rotatable bonds is 4. The van der Waals surface area contributed by atoms with Crippen molar-refractivity contribution >= 4 is 17.7 Å². The molecule has 2 aliphatic rings. The number of fused-ring (bicyclic) bond motifs is 3. The Morgan fingerprint density at radius 2 is 2.20 bits per heavy atom. The molecule has 8 nitrogen and oxygen atoms in total.